The van der Waals surface area contributed by atoms with Crippen LogP contribution in [0.5, 0.6) is 0 Å². The molecule has 0 spiro atoms. The van der Waals surface area contributed by atoms with Crippen LogP contribution in [-0.2, 0) is 6.42 Å². The molecule has 0 saturated heterocycles. The van der Waals surface area contributed by atoms with Gasteiger partial charge in [-0.1, -0.05) is 53.4 Å². The van der Waals surface area contributed by atoms with Gasteiger partial charge in [0, 0.05) is 16.4 Å². The van der Waals surface area contributed by atoms with E-state index in [-0.39, 0.29) is 0 Å². The number of nitrogens with zero attached hydrogens (tertiary/aromatic N) is 1. The molecule has 0 amide bonds. The van der Waals surface area contributed by atoms with Crippen LogP contribution in [0.15, 0.2) is 36.5 Å². The van der Waals surface area contributed by atoms with E-state index in [0.717, 1.165) is 11.4 Å². The highest BCUT2D eigenvalue weighted by molar-refractivity contribution is 9.09. The van der Waals surface area contributed by atoms with Crippen LogP contribution in [-0.4, -0.2) is 9.81 Å². The fourth-order valence-corrected chi connectivity index (χ4v) is 4.08. The van der Waals surface area contributed by atoms with Gasteiger partial charge in [-0.15, -0.1) is 0 Å². The highest BCUT2D eigenvalue weighted by Crippen LogP contribution is 2.31. The van der Waals surface area contributed by atoms with Crippen LogP contribution in [0, 0.1) is 5.92 Å². The molecule has 1 aliphatic rings. The topological polar surface area (TPSA) is 12.9 Å². The van der Waals surface area contributed by atoms with Gasteiger partial charge in [0.15, 0.2) is 0 Å². The van der Waals surface area contributed by atoms with E-state index >= 15 is 0 Å². The summed E-state index contributed by atoms with van der Waals surface area (Å²) in [5, 5.41) is 1.33. The molecule has 19 heavy (non-hydrogen) atoms. The molecule has 0 bridgehead atoms. The van der Waals surface area contributed by atoms with Crippen molar-refractivity contribution in [1.82, 2.24) is 4.98 Å². The van der Waals surface area contributed by atoms with E-state index < -0.39 is 0 Å². The zero-order valence-corrected chi connectivity index (χ0v) is 12.8. The lowest BCUT2D eigenvalue weighted by Gasteiger charge is -2.17. The summed E-state index contributed by atoms with van der Waals surface area (Å²) in [6.45, 7) is 0. The van der Waals surface area contributed by atoms with Crippen molar-refractivity contribution < 1.29 is 0 Å². The third kappa shape index (κ3) is 3.17. The highest BCUT2D eigenvalue weighted by Gasteiger charge is 2.19. The second kappa shape index (κ2) is 6.04. The molecule has 2 aromatic rings. The van der Waals surface area contributed by atoms with E-state index in [1.165, 1.54) is 49.5 Å². The summed E-state index contributed by atoms with van der Waals surface area (Å²) in [5.74, 6) is 0.817. The Kier molecular flexibility index (Phi) is 4.17. The van der Waals surface area contributed by atoms with Crippen molar-refractivity contribution in [3.8, 4) is 0 Å². The standard InChI is InChI=1S/C17H20BrN/c18-15-6-2-1-5-13(12-15)11-14-9-10-19-17-8-4-3-7-16(14)17/h3-4,7-10,13,15H,1-2,5-6,11-12H2. The second-order valence-corrected chi connectivity index (χ2v) is 6.97. The van der Waals surface area contributed by atoms with Crippen molar-refractivity contribution >= 4 is 26.8 Å². The molecule has 1 heterocycles. The zero-order valence-electron chi connectivity index (χ0n) is 11.2. The van der Waals surface area contributed by atoms with E-state index in [2.05, 4.69) is 51.2 Å². The molecule has 2 heteroatoms. The first kappa shape index (κ1) is 13.1. The third-order valence-corrected chi connectivity index (χ3v) is 5.05. The molecule has 1 saturated carbocycles. The minimum absolute atomic E-state index is 0.716. The van der Waals surface area contributed by atoms with Crippen LogP contribution in [0.4, 0.5) is 0 Å². The summed E-state index contributed by atoms with van der Waals surface area (Å²) in [6.07, 6.45) is 9.95. The molecule has 2 unspecified atom stereocenters. The molecule has 0 radical (unpaired) electrons. The number of para-hydroxylation sites is 1. The maximum atomic E-state index is 4.46. The van der Waals surface area contributed by atoms with Crippen molar-refractivity contribution in [3.63, 3.8) is 0 Å². The Bertz CT molecular complexity index is 546. The molecular formula is C17H20BrN. The van der Waals surface area contributed by atoms with Gasteiger partial charge < -0.3 is 0 Å². The predicted octanol–water partition coefficient (Wildman–Crippen LogP) is 5.12. The smallest absolute Gasteiger partial charge is 0.0704 e. The largest absolute Gasteiger partial charge is 0.256 e. The number of hydrogen-bond donors (Lipinski definition) is 0. The van der Waals surface area contributed by atoms with Crippen LogP contribution >= 0.6 is 15.9 Å². The predicted molar refractivity (Wildman–Crippen MR) is 84.7 cm³/mol. The third-order valence-electron chi connectivity index (χ3n) is 4.22. The van der Waals surface area contributed by atoms with Crippen molar-refractivity contribution in [1.29, 1.82) is 0 Å². The Balaban J connectivity index is 1.84. The summed E-state index contributed by atoms with van der Waals surface area (Å²) in [4.78, 5) is 5.17. The minimum atomic E-state index is 0.716. The average molecular weight is 318 g/mol. The van der Waals surface area contributed by atoms with E-state index in [4.69, 9.17) is 0 Å². The first-order valence-corrected chi connectivity index (χ1v) is 8.21. The van der Waals surface area contributed by atoms with Gasteiger partial charge in [-0.2, -0.15) is 0 Å². The first-order valence-electron chi connectivity index (χ1n) is 7.29. The van der Waals surface area contributed by atoms with E-state index in [0.29, 0.717) is 4.83 Å². The Morgan fingerprint density at radius 3 is 2.89 bits per heavy atom. The van der Waals surface area contributed by atoms with Crippen molar-refractivity contribution in [2.75, 3.05) is 0 Å². The molecule has 1 nitrogen and oxygen atoms in total. The van der Waals surface area contributed by atoms with E-state index in [1.54, 1.807) is 0 Å². The summed E-state index contributed by atoms with van der Waals surface area (Å²) in [5.41, 5.74) is 2.60. The van der Waals surface area contributed by atoms with Gasteiger partial charge in [0.25, 0.3) is 0 Å². The van der Waals surface area contributed by atoms with Gasteiger partial charge >= 0.3 is 0 Å². The van der Waals surface area contributed by atoms with Gasteiger partial charge in [0.2, 0.25) is 0 Å². The van der Waals surface area contributed by atoms with Crippen LogP contribution in [0.25, 0.3) is 10.9 Å². The molecule has 3 rings (SSSR count). The Morgan fingerprint density at radius 1 is 1.11 bits per heavy atom. The lowest BCUT2D eigenvalue weighted by Crippen LogP contribution is -2.08. The highest BCUT2D eigenvalue weighted by atomic mass is 79.9. The van der Waals surface area contributed by atoms with E-state index in [1.807, 2.05) is 6.20 Å². The molecule has 0 aliphatic heterocycles. The average Bonchev–Trinajstić information content (AvgIpc) is 2.63. The zero-order chi connectivity index (χ0) is 13.1. The minimum Gasteiger partial charge on any atom is -0.256 e. The number of rotatable bonds is 2. The van der Waals surface area contributed by atoms with Gasteiger partial charge in [-0.05, 0) is 42.9 Å². The molecular weight excluding hydrogens is 298 g/mol. The van der Waals surface area contributed by atoms with Crippen LogP contribution in [0.3, 0.4) is 0 Å². The number of halogens is 1. The summed E-state index contributed by atoms with van der Waals surface area (Å²) in [7, 11) is 0. The lowest BCUT2D eigenvalue weighted by molar-refractivity contribution is 0.465. The number of fused-ring (bicyclic) bond motifs is 1. The monoisotopic (exact) mass is 317 g/mol. The van der Waals surface area contributed by atoms with Crippen molar-refractivity contribution in [3.05, 3.63) is 42.1 Å². The molecule has 1 fully saturated rings. The summed E-state index contributed by atoms with van der Waals surface area (Å²) in [6, 6.07) is 10.7. The number of alkyl halides is 1. The van der Waals surface area contributed by atoms with Crippen LogP contribution in [0.1, 0.15) is 37.7 Å². The molecule has 1 aromatic carbocycles. The molecule has 1 aromatic heterocycles. The molecule has 1 aliphatic carbocycles. The van der Waals surface area contributed by atoms with E-state index in [9.17, 15) is 0 Å². The van der Waals surface area contributed by atoms with Crippen LogP contribution < -0.4 is 0 Å². The Hall–Kier alpha value is -0.890. The van der Waals surface area contributed by atoms with Crippen molar-refractivity contribution in [2.45, 2.75) is 43.4 Å². The summed E-state index contributed by atoms with van der Waals surface area (Å²) >= 11 is 3.83. The van der Waals surface area contributed by atoms with Gasteiger partial charge in [-0.3, -0.25) is 4.98 Å². The fraction of sp³-hybridized carbons (Fsp3) is 0.471. The normalized spacial score (nSPS) is 24.3. The number of hydrogen-bond acceptors (Lipinski definition) is 1. The Morgan fingerprint density at radius 2 is 1.95 bits per heavy atom. The van der Waals surface area contributed by atoms with Gasteiger partial charge in [-0.25, -0.2) is 0 Å². The fourth-order valence-electron chi connectivity index (χ4n) is 3.23. The number of benzene rings is 1. The first-order chi connectivity index (χ1) is 9.33. The quantitative estimate of drug-likeness (QED) is 0.553. The SMILES string of the molecule is BrC1CCCCC(Cc2ccnc3ccccc23)C1. The number of aromatic nitrogens is 1. The van der Waals surface area contributed by atoms with Gasteiger partial charge in [0.1, 0.15) is 0 Å². The lowest BCUT2D eigenvalue weighted by atomic mass is 9.91. The Labute approximate surface area is 123 Å². The van der Waals surface area contributed by atoms with Crippen molar-refractivity contribution in [2.24, 2.45) is 5.92 Å². The summed E-state index contributed by atoms with van der Waals surface area (Å²) < 4.78 is 0. The van der Waals surface area contributed by atoms with Gasteiger partial charge in [0.05, 0.1) is 5.52 Å². The molecule has 2 atom stereocenters. The second-order valence-electron chi connectivity index (χ2n) is 5.67. The van der Waals surface area contributed by atoms with Crippen LogP contribution in [0.2, 0.25) is 0 Å². The molecule has 100 valence electrons. The maximum Gasteiger partial charge on any atom is 0.0704 e. The molecule has 0 N–H and O–H groups in total. The number of pyridine rings is 1. The maximum absolute atomic E-state index is 4.46.